The monoisotopic (exact) mass is 208 g/mol. The molecule has 2 rings (SSSR count). The molecule has 0 aliphatic carbocycles. The van der Waals surface area contributed by atoms with E-state index in [4.69, 9.17) is 0 Å². The van der Waals surface area contributed by atoms with Crippen molar-refractivity contribution in [1.82, 2.24) is 9.55 Å². The fraction of sp³-hybridized carbons (Fsp3) is 0. The van der Waals surface area contributed by atoms with Gasteiger partial charge in [0.05, 0.1) is 5.56 Å². The van der Waals surface area contributed by atoms with E-state index in [1.54, 1.807) is 0 Å². The molecule has 15 heavy (non-hydrogen) atoms. The van der Waals surface area contributed by atoms with Gasteiger partial charge in [-0.25, -0.2) is 13.8 Å². The van der Waals surface area contributed by atoms with E-state index in [1.807, 2.05) is 0 Å². The van der Waals surface area contributed by atoms with Crippen molar-refractivity contribution < 1.29 is 13.6 Å². The number of hydrogen-bond acceptors (Lipinski definition) is 2. The predicted molar refractivity (Wildman–Crippen MR) is 48.3 cm³/mol. The molecule has 0 saturated heterocycles. The largest absolute Gasteiger partial charge is 0.272 e. The number of nitrogens with zero attached hydrogens (tertiary/aromatic N) is 2. The summed E-state index contributed by atoms with van der Waals surface area (Å²) in [5.74, 6) is -2.06. The van der Waals surface area contributed by atoms with Crippen LogP contribution in [0, 0.1) is 11.6 Å². The van der Waals surface area contributed by atoms with Crippen molar-refractivity contribution in [3.05, 3.63) is 54.1 Å². The summed E-state index contributed by atoms with van der Waals surface area (Å²) in [5.41, 5.74) is -0.312. The zero-order valence-electron chi connectivity index (χ0n) is 7.52. The first kappa shape index (κ1) is 9.51. The SMILES string of the molecule is O=C(c1cc(F)ccc1F)n1ccnc1. The minimum Gasteiger partial charge on any atom is -0.272 e. The van der Waals surface area contributed by atoms with Gasteiger partial charge in [0, 0.05) is 12.4 Å². The van der Waals surface area contributed by atoms with E-state index in [0.717, 1.165) is 22.8 Å². The van der Waals surface area contributed by atoms with Gasteiger partial charge in [-0.3, -0.25) is 9.36 Å². The number of halogens is 2. The Morgan fingerprint density at radius 2 is 2.13 bits per heavy atom. The molecule has 5 heteroatoms. The predicted octanol–water partition coefficient (Wildman–Crippen LogP) is 1.85. The molecule has 0 atom stereocenters. The van der Waals surface area contributed by atoms with Crippen molar-refractivity contribution in [3.8, 4) is 0 Å². The lowest BCUT2D eigenvalue weighted by atomic mass is 10.2. The maximum absolute atomic E-state index is 13.2. The highest BCUT2D eigenvalue weighted by atomic mass is 19.1. The Bertz CT molecular complexity index is 494. The lowest BCUT2D eigenvalue weighted by Gasteiger charge is -2.02. The zero-order chi connectivity index (χ0) is 10.8. The molecule has 1 aromatic carbocycles. The van der Waals surface area contributed by atoms with Crippen LogP contribution >= 0.6 is 0 Å². The van der Waals surface area contributed by atoms with Crippen molar-refractivity contribution in [2.24, 2.45) is 0 Å². The highest BCUT2D eigenvalue weighted by Gasteiger charge is 2.13. The van der Waals surface area contributed by atoms with Crippen molar-refractivity contribution in [2.45, 2.75) is 0 Å². The summed E-state index contributed by atoms with van der Waals surface area (Å²) in [6.45, 7) is 0. The van der Waals surface area contributed by atoms with E-state index in [2.05, 4.69) is 4.98 Å². The third-order valence-corrected chi connectivity index (χ3v) is 1.90. The van der Waals surface area contributed by atoms with Crippen LogP contribution in [-0.4, -0.2) is 15.5 Å². The molecule has 0 N–H and O–H groups in total. The molecule has 0 saturated carbocycles. The first-order chi connectivity index (χ1) is 7.18. The molecule has 0 aliphatic heterocycles. The average Bonchev–Trinajstić information content (AvgIpc) is 2.74. The molecule has 0 bridgehead atoms. The molecule has 0 unspecified atom stereocenters. The van der Waals surface area contributed by atoms with Crippen LogP contribution in [0.2, 0.25) is 0 Å². The molecule has 0 aliphatic rings. The van der Waals surface area contributed by atoms with Crippen molar-refractivity contribution >= 4 is 5.91 Å². The van der Waals surface area contributed by atoms with Crippen LogP contribution < -0.4 is 0 Å². The van der Waals surface area contributed by atoms with Crippen LogP contribution in [0.25, 0.3) is 0 Å². The first-order valence-electron chi connectivity index (χ1n) is 4.16. The maximum Gasteiger partial charge on any atom is 0.266 e. The number of carbonyl (C=O) groups is 1. The molecule has 0 radical (unpaired) electrons. The van der Waals surface area contributed by atoms with Gasteiger partial charge in [-0.05, 0) is 18.2 Å². The quantitative estimate of drug-likeness (QED) is 0.716. The third kappa shape index (κ3) is 1.76. The molecule has 1 heterocycles. The zero-order valence-corrected chi connectivity index (χ0v) is 7.52. The topological polar surface area (TPSA) is 34.9 Å². The number of rotatable bonds is 1. The molecule has 0 fully saturated rings. The van der Waals surface area contributed by atoms with Gasteiger partial charge in [0.2, 0.25) is 0 Å². The summed E-state index contributed by atoms with van der Waals surface area (Å²) in [7, 11) is 0. The van der Waals surface area contributed by atoms with Crippen molar-refractivity contribution in [1.29, 1.82) is 0 Å². The second-order valence-electron chi connectivity index (χ2n) is 2.90. The van der Waals surface area contributed by atoms with Gasteiger partial charge in [-0.1, -0.05) is 0 Å². The fourth-order valence-electron chi connectivity index (χ4n) is 1.18. The molecular weight excluding hydrogens is 202 g/mol. The highest BCUT2D eigenvalue weighted by molar-refractivity contribution is 5.96. The first-order valence-corrected chi connectivity index (χ1v) is 4.16. The number of aromatic nitrogens is 2. The van der Waals surface area contributed by atoms with Gasteiger partial charge >= 0.3 is 0 Å². The lowest BCUT2D eigenvalue weighted by Crippen LogP contribution is -2.12. The van der Waals surface area contributed by atoms with E-state index < -0.39 is 17.5 Å². The van der Waals surface area contributed by atoms with Crippen molar-refractivity contribution in [2.75, 3.05) is 0 Å². The summed E-state index contributed by atoms with van der Waals surface area (Å²) >= 11 is 0. The Balaban J connectivity index is 2.46. The van der Waals surface area contributed by atoms with Crippen LogP contribution in [0.4, 0.5) is 8.78 Å². The van der Waals surface area contributed by atoms with Gasteiger partial charge in [0.1, 0.15) is 18.0 Å². The summed E-state index contributed by atoms with van der Waals surface area (Å²) < 4.78 is 27.1. The van der Waals surface area contributed by atoms with E-state index in [0.29, 0.717) is 0 Å². The van der Waals surface area contributed by atoms with E-state index in [-0.39, 0.29) is 5.56 Å². The van der Waals surface area contributed by atoms with Gasteiger partial charge in [-0.15, -0.1) is 0 Å². The molecule has 76 valence electrons. The van der Waals surface area contributed by atoms with Crippen LogP contribution in [0.3, 0.4) is 0 Å². The molecule has 0 amide bonds. The summed E-state index contributed by atoms with van der Waals surface area (Å²) in [4.78, 5) is 15.2. The van der Waals surface area contributed by atoms with Crippen LogP contribution in [0.5, 0.6) is 0 Å². The standard InChI is InChI=1S/C10H6F2N2O/c11-7-1-2-9(12)8(5-7)10(15)14-4-3-13-6-14/h1-6H. The van der Waals surface area contributed by atoms with Crippen LogP contribution in [0.15, 0.2) is 36.9 Å². The third-order valence-electron chi connectivity index (χ3n) is 1.90. The maximum atomic E-state index is 13.2. The summed E-state index contributed by atoms with van der Waals surface area (Å²) in [5, 5.41) is 0. The minimum absolute atomic E-state index is 0.312. The van der Waals surface area contributed by atoms with Gasteiger partial charge in [0.15, 0.2) is 0 Å². The summed E-state index contributed by atoms with van der Waals surface area (Å²) in [6.07, 6.45) is 3.98. The molecule has 2 aromatic rings. The smallest absolute Gasteiger partial charge is 0.266 e. The molecule has 1 aromatic heterocycles. The molecular formula is C10H6F2N2O. The van der Waals surface area contributed by atoms with E-state index >= 15 is 0 Å². The van der Waals surface area contributed by atoms with Crippen molar-refractivity contribution in [3.63, 3.8) is 0 Å². The Morgan fingerprint density at radius 3 is 2.80 bits per heavy atom. The van der Waals surface area contributed by atoms with Crippen LogP contribution in [-0.2, 0) is 0 Å². The number of hydrogen-bond donors (Lipinski definition) is 0. The van der Waals surface area contributed by atoms with Gasteiger partial charge in [0.25, 0.3) is 5.91 Å². The summed E-state index contributed by atoms with van der Waals surface area (Å²) in [6, 6.07) is 2.73. The van der Waals surface area contributed by atoms with Crippen LogP contribution in [0.1, 0.15) is 10.4 Å². The molecule has 3 nitrogen and oxygen atoms in total. The Labute approximate surface area is 84.0 Å². The second-order valence-corrected chi connectivity index (χ2v) is 2.90. The van der Waals surface area contributed by atoms with Gasteiger partial charge in [-0.2, -0.15) is 0 Å². The molecule has 0 spiro atoms. The number of benzene rings is 1. The average molecular weight is 208 g/mol. The Hall–Kier alpha value is -2.04. The number of carbonyl (C=O) groups excluding carboxylic acids is 1. The second kappa shape index (κ2) is 3.61. The Kier molecular flexibility index (Phi) is 2.29. The van der Waals surface area contributed by atoms with E-state index in [1.165, 1.54) is 18.7 Å². The minimum atomic E-state index is -0.755. The van der Waals surface area contributed by atoms with E-state index in [9.17, 15) is 13.6 Å². The normalized spacial score (nSPS) is 10.3. The lowest BCUT2D eigenvalue weighted by molar-refractivity contribution is 0.0955. The van der Waals surface area contributed by atoms with Gasteiger partial charge < -0.3 is 0 Å². The fourth-order valence-corrected chi connectivity index (χ4v) is 1.18. The highest BCUT2D eigenvalue weighted by Crippen LogP contribution is 2.11. The number of imidazole rings is 1. The Morgan fingerprint density at radius 1 is 1.33 bits per heavy atom.